The molecule has 0 saturated carbocycles. The van der Waals surface area contributed by atoms with E-state index in [2.05, 4.69) is 26.1 Å². The molecule has 4 rings (SSSR count). The Bertz CT molecular complexity index is 1070. The van der Waals surface area contributed by atoms with E-state index in [1.54, 1.807) is 18.2 Å². The van der Waals surface area contributed by atoms with Crippen LogP contribution in [-0.2, 0) is 0 Å². The minimum atomic E-state index is -0.198. The highest BCUT2D eigenvalue weighted by atomic mass is 79.9. The molecule has 6 heteroatoms. The van der Waals surface area contributed by atoms with Gasteiger partial charge in [0.05, 0.1) is 5.39 Å². The highest BCUT2D eigenvalue weighted by molar-refractivity contribution is 9.10. The number of hydrogen-bond donors (Lipinski definition) is 0. The topological polar surface area (TPSA) is 69.1 Å². The Labute approximate surface area is 138 Å². The Morgan fingerprint density at radius 2 is 1.78 bits per heavy atom. The van der Waals surface area contributed by atoms with Crippen molar-refractivity contribution < 1.29 is 8.83 Å². The fourth-order valence-electron chi connectivity index (χ4n) is 2.30. The van der Waals surface area contributed by atoms with Crippen LogP contribution in [0.2, 0.25) is 0 Å². The molecule has 0 saturated heterocycles. The zero-order chi connectivity index (χ0) is 15.8. The summed E-state index contributed by atoms with van der Waals surface area (Å²) in [4.78, 5) is 12.5. The molecule has 0 N–H and O–H groups in total. The molecule has 5 nitrogen and oxygen atoms in total. The van der Waals surface area contributed by atoms with E-state index >= 15 is 0 Å². The van der Waals surface area contributed by atoms with Gasteiger partial charge in [-0.1, -0.05) is 34.1 Å². The van der Waals surface area contributed by atoms with Crippen LogP contribution >= 0.6 is 15.9 Å². The molecule has 0 spiro atoms. The number of hydrogen-bond acceptors (Lipinski definition) is 5. The first-order chi connectivity index (χ1) is 11.2. The molecule has 0 bridgehead atoms. The SMILES string of the molecule is O=c1c(-c2nnc(-c3cccc(Br)c3)o2)coc2ccccc12. The highest BCUT2D eigenvalue weighted by Crippen LogP contribution is 2.25. The normalized spacial score (nSPS) is 11.0. The van der Waals surface area contributed by atoms with Gasteiger partial charge >= 0.3 is 0 Å². The van der Waals surface area contributed by atoms with Gasteiger partial charge in [0.15, 0.2) is 0 Å². The fourth-order valence-corrected chi connectivity index (χ4v) is 2.70. The molecule has 0 aliphatic heterocycles. The van der Waals surface area contributed by atoms with Crippen LogP contribution in [-0.4, -0.2) is 10.2 Å². The summed E-state index contributed by atoms with van der Waals surface area (Å²) >= 11 is 3.40. The van der Waals surface area contributed by atoms with Crippen molar-refractivity contribution in [1.29, 1.82) is 0 Å². The third-order valence-corrected chi connectivity index (χ3v) is 3.90. The van der Waals surface area contributed by atoms with Crippen molar-refractivity contribution in [2.75, 3.05) is 0 Å². The molecule has 0 aliphatic rings. The largest absolute Gasteiger partial charge is 0.463 e. The van der Waals surface area contributed by atoms with Crippen LogP contribution in [0.25, 0.3) is 33.9 Å². The lowest BCUT2D eigenvalue weighted by Gasteiger charge is -1.98. The molecule has 0 aliphatic carbocycles. The van der Waals surface area contributed by atoms with E-state index in [4.69, 9.17) is 8.83 Å². The lowest BCUT2D eigenvalue weighted by molar-refractivity contribution is 0.570. The first kappa shape index (κ1) is 13.9. The molecule has 23 heavy (non-hydrogen) atoms. The summed E-state index contributed by atoms with van der Waals surface area (Å²) < 4.78 is 12.0. The van der Waals surface area contributed by atoms with Crippen LogP contribution < -0.4 is 5.43 Å². The molecule has 0 atom stereocenters. The number of rotatable bonds is 2. The Morgan fingerprint density at radius 3 is 2.65 bits per heavy atom. The van der Waals surface area contributed by atoms with Crippen LogP contribution in [0.15, 0.2) is 72.9 Å². The maximum atomic E-state index is 12.5. The molecule has 2 aromatic carbocycles. The number of halogens is 1. The van der Waals surface area contributed by atoms with E-state index in [1.165, 1.54) is 6.26 Å². The summed E-state index contributed by atoms with van der Waals surface area (Å²) in [5.41, 5.74) is 1.34. The molecule has 0 radical (unpaired) electrons. The number of para-hydroxylation sites is 1. The molecule has 4 aromatic rings. The second-order valence-corrected chi connectivity index (χ2v) is 5.81. The third-order valence-electron chi connectivity index (χ3n) is 3.41. The highest BCUT2D eigenvalue weighted by Gasteiger charge is 2.16. The van der Waals surface area contributed by atoms with Gasteiger partial charge in [-0.05, 0) is 30.3 Å². The lowest BCUT2D eigenvalue weighted by Crippen LogP contribution is -2.04. The van der Waals surface area contributed by atoms with Gasteiger partial charge in [0, 0.05) is 10.0 Å². The second-order valence-electron chi connectivity index (χ2n) is 4.90. The standard InChI is InChI=1S/C17H9BrN2O3/c18-11-5-3-4-10(8-11)16-19-20-17(23-16)13-9-22-14-7-2-1-6-12(14)15(13)21/h1-9H. The Morgan fingerprint density at radius 1 is 0.957 bits per heavy atom. The third kappa shape index (κ3) is 2.47. The van der Waals surface area contributed by atoms with Crippen molar-refractivity contribution in [3.63, 3.8) is 0 Å². The van der Waals surface area contributed by atoms with Gasteiger partial charge in [0.2, 0.25) is 11.3 Å². The van der Waals surface area contributed by atoms with Crippen molar-refractivity contribution in [3.8, 4) is 22.9 Å². The van der Waals surface area contributed by atoms with Crippen LogP contribution in [0.4, 0.5) is 0 Å². The minimum absolute atomic E-state index is 0.138. The molecule has 0 amide bonds. The van der Waals surface area contributed by atoms with E-state index in [0.29, 0.717) is 16.9 Å². The maximum absolute atomic E-state index is 12.5. The van der Waals surface area contributed by atoms with Crippen LogP contribution in [0, 0.1) is 0 Å². The van der Waals surface area contributed by atoms with Crippen molar-refractivity contribution in [2.24, 2.45) is 0 Å². The average Bonchev–Trinajstić information content (AvgIpc) is 3.05. The second kappa shape index (κ2) is 5.48. The monoisotopic (exact) mass is 368 g/mol. The predicted molar refractivity (Wildman–Crippen MR) is 88.9 cm³/mol. The van der Waals surface area contributed by atoms with E-state index in [-0.39, 0.29) is 16.9 Å². The first-order valence-electron chi connectivity index (χ1n) is 6.83. The molecule has 0 unspecified atom stereocenters. The van der Waals surface area contributed by atoms with Crippen molar-refractivity contribution in [2.45, 2.75) is 0 Å². The van der Waals surface area contributed by atoms with Crippen molar-refractivity contribution >= 4 is 26.9 Å². The smallest absolute Gasteiger partial charge is 0.255 e. The zero-order valence-electron chi connectivity index (χ0n) is 11.7. The summed E-state index contributed by atoms with van der Waals surface area (Å²) in [7, 11) is 0. The fraction of sp³-hybridized carbons (Fsp3) is 0. The van der Waals surface area contributed by atoms with Gasteiger partial charge in [-0.25, -0.2) is 0 Å². The number of nitrogens with zero attached hydrogens (tertiary/aromatic N) is 2. The summed E-state index contributed by atoms with van der Waals surface area (Å²) in [6.45, 7) is 0. The minimum Gasteiger partial charge on any atom is -0.463 e. The maximum Gasteiger partial charge on any atom is 0.255 e. The van der Waals surface area contributed by atoms with Crippen LogP contribution in [0.5, 0.6) is 0 Å². The van der Waals surface area contributed by atoms with Gasteiger partial charge in [0.25, 0.3) is 5.89 Å². The Balaban J connectivity index is 1.83. The molecule has 2 aromatic heterocycles. The summed E-state index contributed by atoms with van der Waals surface area (Å²) in [5, 5.41) is 8.45. The van der Waals surface area contributed by atoms with Gasteiger partial charge < -0.3 is 8.83 Å². The number of aromatic nitrogens is 2. The summed E-state index contributed by atoms with van der Waals surface area (Å²) in [6, 6.07) is 14.5. The van der Waals surface area contributed by atoms with Gasteiger partial charge in [-0.15, -0.1) is 10.2 Å². The average molecular weight is 369 g/mol. The molecule has 0 fully saturated rings. The number of benzene rings is 2. The predicted octanol–water partition coefficient (Wildman–Crippen LogP) is 4.27. The van der Waals surface area contributed by atoms with Crippen LogP contribution in [0.3, 0.4) is 0 Å². The lowest BCUT2D eigenvalue weighted by atomic mass is 10.2. The Kier molecular flexibility index (Phi) is 3.31. The van der Waals surface area contributed by atoms with E-state index in [1.807, 2.05) is 30.3 Å². The molecular weight excluding hydrogens is 360 g/mol. The summed E-state index contributed by atoms with van der Waals surface area (Å²) in [5.74, 6) is 0.480. The summed E-state index contributed by atoms with van der Waals surface area (Å²) in [6.07, 6.45) is 1.35. The quantitative estimate of drug-likeness (QED) is 0.528. The van der Waals surface area contributed by atoms with Gasteiger partial charge in [0.1, 0.15) is 17.4 Å². The molecule has 2 heterocycles. The first-order valence-corrected chi connectivity index (χ1v) is 7.62. The Hall–Kier alpha value is -2.73. The van der Waals surface area contributed by atoms with Crippen LogP contribution in [0.1, 0.15) is 0 Å². The van der Waals surface area contributed by atoms with Crippen molar-refractivity contribution in [1.82, 2.24) is 10.2 Å². The van der Waals surface area contributed by atoms with E-state index < -0.39 is 0 Å². The molecular formula is C17H9BrN2O3. The van der Waals surface area contributed by atoms with Crippen molar-refractivity contribution in [3.05, 3.63) is 69.5 Å². The van der Waals surface area contributed by atoms with Gasteiger partial charge in [-0.2, -0.15) is 0 Å². The van der Waals surface area contributed by atoms with E-state index in [0.717, 1.165) is 10.0 Å². The van der Waals surface area contributed by atoms with Gasteiger partial charge in [-0.3, -0.25) is 4.79 Å². The number of fused-ring (bicyclic) bond motifs is 1. The molecule has 112 valence electrons. The zero-order valence-corrected chi connectivity index (χ0v) is 13.3. The van der Waals surface area contributed by atoms with E-state index in [9.17, 15) is 4.79 Å².